The number of hydrogen-bond donors (Lipinski definition) is 1. The standard InChI is InChI=1S/C23H18N2O3/c1-14-6-5-8-17(12-14)24-21(26)16-10-11-18-19(13-16)23(28)25(22(18)27)20-9-4-3-7-15(20)2/h3-13H,1-2H3,(H,24,26). The van der Waals surface area contributed by atoms with Gasteiger partial charge in [0, 0.05) is 11.3 Å². The average Bonchev–Trinajstić information content (AvgIpc) is 2.92. The van der Waals surface area contributed by atoms with Crippen molar-refractivity contribution in [1.82, 2.24) is 0 Å². The van der Waals surface area contributed by atoms with Crippen molar-refractivity contribution in [1.29, 1.82) is 0 Å². The number of aryl methyl sites for hydroxylation is 2. The van der Waals surface area contributed by atoms with E-state index >= 15 is 0 Å². The lowest BCUT2D eigenvalue weighted by Crippen LogP contribution is -2.29. The lowest BCUT2D eigenvalue weighted by atomic mass is 10.1. The second-order valence-corrected chi connectivity index (χ2v) is 6.82. The zero-order valence-electron chi connectivity index (χ0n) is 15.5. The van der Waals surface area contributed by atoms with Crippen LogP contribution in [-0.2, 0) is 0 Å². The van der Waals surface area contributed by atoms with Crippen molar-refractivity contribution in [3.8, 4) is 0 Å². The summed E-state index contributed by atoms with van der Waals surface area (Å²) in [6.45, 7) is 3.79. The Hall–Kier alpha value is -3.73. The number of carbonyl (C=O) groups is 3. The van der Waals surface area contributed by atoms with E-state index in [1.165, 1.54) is 11.0 Å². The summed E-state index contributed by atoms with van der Waals surface area (Å²) in [6, 6.07) is 19.3. The minimum absolute atomic E-state index is 0.241. The Morgan fingerprint density at radius 1 is 0.821 bits per heavy atom. The highest BCUT2D eigenvalue weighted by molar-refractivity contribution is 6.35. The van der Waals surface area contributed by atoms with Crippen molar-refractivity contribution in [3.05, 3.63) is 94.5 Å². The number of amides is 3. The molecule has 0 saturated heterocycles. The first kappa shape index (κ1) is 17.7. The fourth-order valence-corrected chi connectivity index (χ4v) is 3.34. The number of para-hydroxylation sites is 1. The van der Waals surface area contributed by atoms with Gasteiger partial charge in [-0.25, -0.2) is 4.90 Å². The summed E-state index contributed by atoms with van der Waals surface area (Å²) in [7, 11) is 0. The predicted molar refractivity (Wildman–Crippen MR) is 108 cm³/mol. The summed E-state index contributed by atoms with van der Waals surface area (Å²) in [6.07, 6.45) is 0. The van der Waals surface area contributed by atoms with Crippen molar-refractivity contribution in [2.45, 2.75) is 13.8 Å². The van der Waals surface area contributed by atoms with E-state index in [4.69, 9.17) is 0 Å². The number of nitrogens with one attached hydrogen (secondary N) is 1. The summed E-state index contributed by atoms with van der Waals surface area (Å²) in [5.41, 5.74) is 3.96. The Morgan fingerprint density at radius 2 is 1.57 bits per heavy atom. The smallest absolute Gasteiger partial charge is 0.266 e. The molecule has 0 spiro atoms. The number of imide groups is 1. The van der Waals surface area contributed by atoms with Crippen molar-refractivity contribution in [2.24, 2.45) is 0 Å². The molecule has 3 aromatic rings. The van der Waals surface area contributed by atoms with Crippen molar-refractivity contribution in [3.63, 3.8) is 0 Å². The summed E-state index contributed by atoms with van der Waals surface area (Å²) < 4.78 is 0. The van der Waals surface area contributed by atoms with Crippen LogP contribution in [0.15, 0.2) is 66.7 Å². The van der Waals surface area contributed by atoms with Gasteiger partial charge in [0.25, 0.3) is 17.7 Å². The van der Waals surface area contributed by atoms with Crippen LogP contribution in [0.25, 0.3) is 0 Å². The maximum Gasteiger partial charge on any atom is 0.266 e. The zero-order valence-corrected chi connectivity index (χ0v) is 15.5. The predicted octanol–water partition coefficient (Wildman–Crippen LogP) is 4.36. The van der Waals surface area contributed by atoms with Crippen molar-refractivity contribution >= 4 is 29.1 Å². The number of rotatable bonds is 3. The second-order valence-electron chi connectivity index (χ2n) is 6.82. The highest BCUT2D eigenvalue weighted by Gasteiger charge is 2.37. The Balaban J connectivity index is 1.65. The molecule has 1 aliphatic rings. The van der Waals surface area contributed by atoms with Gasteiger partial charge in [0.1, 0.15) is 0 Å². The van der Waals surface area contributed by atoms with E-state index in [-0.39, 0.29) is 17.4 Å². The van der Waals surface area contributed by atoms with Crippen molar-refractivity contribution in [2.75, 3.05) is 10.2 Å². The Kier molecular flexibility index (Phi) is 4.28. The molecule has 1 aliphatic heterocycles. The van der Waals surface area contributed by atoms with Crippen LogP contribution in [-0.4, -0.2) is 17.7 Å². The molecule has 0 unspecified atom stereocenters. The van der Waals surface area contributed by atoms with Crippen LogP contribution >= 0.6 is 0 Å². The highest BCUT2D eigenvalue weighted by atomic mass is 16.2. The van der Waals surface area contributed by atoms with Gasteiger partial charge in [0.05, 0.1) is 16.8 Å². The van der Waals surface area contributed by atoms with Crippen LogP contribution in [0.5, 0.6) is 0 Å². The van der Waals surface area contributed by atoms with Gasteiger partial charge in [-0.3, -0.25) is 14.4 Å². The van der Waals surface area contributed by atoms with Gasteiger partial charge >= 0.3 is 0 Å². The molecule has 0 fully saturated rings. The molecule has 0 bridgehead atoms. The first-order chi connectivity index (χ1) is 13.5. The third kappa shape index (κ3) is 2.97. The largest absolute Gasteiger partial charge is 0.322 e. The quantitative estimate of drug-likeness (QED) is 0.697. The molecule has 5 heteroatoms. The molecule has 4 rings (SSSR count). The fourth-order valence-electron chi connectivity index (χ4n) is 3.34. The first-order valence-electron chi connectivity index (χ1n) is 8.92. The van der Waals surface area contributed by atoms with E-state index in [2.05, 4.69) is 5.32 Å². The SMILES string of the molecule is Cc1cccc(NC(=O)c2ccc3c(c2)C(=O)N(c2ccccc2C)C3=O)c1. The summed E-state index contributed by atoms with van der Waals surface area (Å²) in [4.78, 5) is 39.5. The van der Waals surface area contributed by atoms with E-state index in [0.29, 0.717) is 22.5 Å². The number of fused-ring (bicyclic) bond motifs is 1. The molecule has 3 aromatic carbocycles. The van der Waals surface area contributed by atoms with Crippen LogP contribution in [0.2, 0.25) is 0 Å². The molecule has 0 saturated carbocycles. The van der Waals surface area contributed by atoms with Gasteiger partial charge in [0.2, 0.25) is 0 Å². The Morgan fingerprint density at radius 3 is 2.32 bits per heavy atom. The van der Waals surface area contributed by atoms with Crippen LogP contribution in [0, 0.1) is 13.8 Å². The van der Waals surface area contributed by atoms with Crippen LogP contribution in [0.4, 0.5) is 11.4 Å². The molecule has 0 radical (unpaired) electrons. The summed E-state index contributed by atoms with van der Waals surface area (Å²) in [5, 5.41) is 2.82. The maximum atomic E-state index is 12.9. The van der Waals surface area contributed by atoms with E-state index < -0.39 is 5.91 Å². The Bertz CT molecular complexity index is 1130. The van der Waals surface area contributed by atoms with Gasteiger partial charge in [-0.15, -0.1) is 0 Å². The topological polar surface area (TPSA) is 66.5 Å². The lowest BCUT2D eigenvalue weighted by molar-refractivity contribution is 0.0925. The second kappa shape index (κ2) is 6.78. The Labute approximate surface area is 162 Å². The summed E-state index contributed by atoms with van der Waals surface area (Å²) in [5.74, 6) is -1.12. The molecular formula is C23H18N2O3. The number of hydrogen-bond acceptors (Lipinski definition) is 3. The number of anilines is 2. The first-order valence-corrected chi connectivity index (χ1v) is 8.92. The lowest BCUT2D eigenvalue weighted by Gasteiger charge is -2.16. The monoisotopic (exact) mass is 370 g/mol. The minimum atomic E-state index is -0.417. The molecule has 138 valence electrons. The molecule has 0 aliphatic carbocycles. The maximum absolute atomic E-state index is 12.9. The normalized spacial score (nSPS) is 12.9. The van der Waals surface area contributed by atoms with Gasteiger partial charge in [-0.1, -0.05) is 30.3 Å². The molecule has 3 amide bonds. The van der Waals surface area contributed by atoms with E-state index in [1.807, 2.05) is 44.2 Å². The third-order valence-corrected chi connectivity index (χ3v) is 4.78. The molecule has 5 nitrogen and oxygen atoms in total. The van der Waals surface area contributed by atoms with Crippen molar-refractivity contribution < 1.29 is 14.4 Å². The molecule has 28 heavy (non-hydrogen) atoms. The van der Waals surface area contributed by atoms with Crippen LogP contribution < -0.4 is 10.2 Å². The average molecular weight is 370 g/mol. The number of nitrogens with zero attached hydrogens (tertiary/aromatic N) is 1. The number of carbonyl (C=O) groups excluding carboxylic acids is 3. The molecule has 1 N–H and O–H groups in total. The summed E-state index contributed by atoms with van der Waals surface area (Å²) >= 11 is 0. The molecule has 0 aromatic heterocycles. The minimum Gasteiger partial charge on any atom is -0.322 e. The molecule has 0 atom stereocenters. The van der Waals surface area contributed by atoms with Gasteiger partial charge in [-0.05, 0) is 61.4 Å². The van der Waals surface area contributed by atoms with Gasteiger partial charge < -0.3 is 5.32 Å². The zero-order chi connectivity index (χ0) is 19.8. The fraction of sp³-hybridized carbons (Fsp3) is 0.0870. The third-order valence-electron chi connectivity index (χ3n) is 4.78. The van der Waals surface area contributed by atoms with E-state index in [1.54, 1.807) is 30.3 Å². The molecular weight excluding hydrogens is 352 g/mol. The van der Waals surface area contributed by atoms with Crippen LogP contribution in [0.1, 0.15) is 42.2 Å². The van der Waals surface area contributed by atoms with Crippen LogP contribution in [0.3, 0.4) is 0 Å². The highest BCUT2D eigenvalue weighted by Crippen LogP contribution is 2.31. The van der Waals surface area contributed by atoms with Gasteiger partial charge in [0.15, 0.2) is 0 Å². The van der Waals surface area contributed by atoms with E-state index in [0.717, 1.165) is 11.1 Å². The van der Waals surface area contributed by atoms with E-state index in [9.17, 15) is 14.4 Å². The molecule has 1 heterocycles. The van der Waals surface area contributed by atoms with Gasteiger partial charge in [-0.2, -0.15) is 0 Å². The number of benzene rings is 3.